The smallest absolute Gasteiger partial charge is 0.406 e. The lowest BCUT2D eigenvalue weighted by Gasteiger charge is -2.19. The summed E-state index contributed by atoms with van der Waals surface area (Å²) in [6.07, 6.45) is -3.78. The standard InChI is InChI=1S/C11H14F3NO3S/c1-7(19(2,16)17)10(15)8-4-3-5-9(6-8)18-11(12,13)14/h3-7,10H,15H2,1-2H3. The summed E-state index contributed by atoms with van der Waals surface area (Å²) in [7, 11) is -3.39. The lowest BCUT2D eigenvalue weighted by Crippen LogP contribution is -2.30. The first-order valence-corrected chi connectivity index (χ1v) is 7.26. The maximum atomic E-state index is 12.1. The third-order valence-electron chi connectivity index (χ3n) is 2.66. The molecule has 0 aromatic heterocycles. The van der Waals surface area contributed by atoms with Gasteiger partial charge in [0.2, 0.25) is 0 Å². The predicted molar refractivity (Wildman–Crippen MR) is 64.4 cm³/mol. The zero-order valence-electron chi connectivity index (χ0n) is 10.3. The molecule has 0 aliphatic heterocycles. The molecule has 0 saturated heterocycles. The maximum absolute atomic E-state index is 12.1. The Kier molecular flexibility index (Phi) is 4.46. The van der Waals surface area contributed by atoms with Crippen molar-refractivity contribution >= 4 is 9.84 Å². The fourth-order valence-corrected chi connectivity index (χ4v) is 2.15. The van der Waals surface area contributed by atoms with E-state index in [1.807, 2.05) is 0 Å². The highest BCUT2D eigenvalue weighted by molar-refractivity contribution is 7.91. The van der Waals surface area contributed by atoms with E-state index < -0.39 is 33.2 Å². The van der Waals surface area contributed by atoms with Crippen molar-refractivity contribution in [2.75, 3.05) is 6.26 Å². The van der Waals surface area contributed by atoms with Gasteiger partial charge in [-0.05, 0) is 24.6 Å². The Bertz CT molecular complexity index is 542. The highest BCUT2D eigenvalue weighted by Crippen LogP contribution is 2.27. The van der Waals surface area contributed by atoms with E-state index >= 15 is 0 Å². The summed E-state index contributed by atoms with van der Waals surface area (Å²) in [6, 6.07) is 4.06. The third-order valence-corrected chi connectivity index (χ3v) is 4.30. The molecular weight excluding hydrogens is 283 g/mol. The molecule has 8 heteroatoms. The van der Waals surface area contributed by atoms with Gasteiger partial charge in [0, 0.05) is 12.3 Å². The zero-order chi connectivity index (χ0) is 14.8. The zero-order valence-corrected chi connectivity index (χ0v) is 11.1. The average molecular weight is 297 g/mol. The van der Waals surface area contributed by atoms with Gasteiger partial charge < -0.3 is 10.5 Å². The summed E-state index contributed by atoms with van der Waals surface area (Å²) in [5, 5.41) is -0.909. The molecule has 0 spiro atoms. The van der Waals surface area contributed by atoms with Crippen LogP contribution in [0.2, 0.25) is 0 Å². The number of hydrogen-bond donors (Lipinski definition) is 1. The van der Waals surface area contributed by atoms with Crippen LogP contribution >= 0.6 is 0 Å². The van der Waals surface area contributed by atoms with E-state index in [9.17, 15) is 21.6 Å². The van der Waals surface area contributed by atoms with Crippen molar-refractivity contribution in [3.8, 4) is 5.75 Å². The quantitative estimate of drug-likeness (QED) is 0.923. The number of ether oxygens (including phenoxy) is 1. The minimum absolute atomic E-state index is 0.264. The van der Waals surface area contributed by atoms with Crippen LogP contribution < -0.4 is 10.5 Å². The normalized spacial score (nSPS) is 15.9. The second-order valence-electron chi connectivity index (χ2n) is 4.18. The van der Waals surface area contributed by atoms with Gasteiger partial charge in [0.1, 0.15) is 5.75 Å². The highest BCUT2D eigenvalue weighted by atomic mass is 32.2. The molecule has 108 valence electrons. The lowest BCUT2D eigenvalue weighted by molar-refractivity contribution is -0.274. The van der Waals surface area contributed by atoms with Crippen LogP contribution in [0.25, 0.3) is 0 Å². The minimum Gasteiger partial charge on any atom is -0.406 e. The minimum atomic E-state index is -4.80. The second-order valence-corrected chi connectivity index (χ2v) is 6.58. The first-order chi connectivity index (χ1) is 8.50. The first kappa shape index (κ1) is 15.8. The van der Waals surface area contributed by atoms with Crippen LogP contribution in [-0.4, -0.2) is 26.3 Å². The van der Waals surface area contributed by atoms with Gasteiger partial charge in [0.25, 0.3) is 0 Å². The number of halogens is 3. The molecule has 0 aliphatic carbocycles. The molecule has 0 saturated carbocycles. The van der Waals surface area contributed by atoms with Crippen LogP contribution in [0.15, 0.2) is 24.3 Å². The summed E-state index contributed by atoms with van der Waals surface area (Å²) >= 11 is 0. The molecule has 1 aromatic carbocycles. The van der Waals surface area contributed by atoms with Crippen molar-refractivity contribution < 1.29 is 26.3 Å². The Morgan fingerprint density at radius 2 is 1.89 bits per heavy atom. The second kappa shape index (κ2) is 5.38. The van der Waals surface area contributed by atoms with Crippen molar-refractivity contribution in [1.29, 1.82) is 0 Å². The average Bonchev–Trinajstić information content (AvgIpc) is 2.23. The monoisotopic (exact) mass is 297 g/mol. The highest BCUT2D eigenvalue weighted by Gasteiger charge is 2.31. The topological polar surface area (TPSA) is 69.4 Å². The Morgan fingerprint density at radius 3 is 2.37 bits per heavy atom. The van der Waals surface area contributed by atoms with E-state index in [-0.39, 0.29) is 5.56 Å². The van der Waals surface area contributed by atoms with E-state index in [1.54, 1.807) is 0 Å². The molecule has 2 N–H and O–H groups in total. The Labute approximate surface area is 109 Å². The fraction of sp³-hybridized carbons (Fsp3) is 0.455. The van der Waals surface area contributed by atoms with Crippen LogP contribution in [0.4, 0.5) is 13.2 Å². The van der Waals surface area contributed by atoms with Gasteiger partial charge in [-0.25, -0.2) is 8.42 Å². The molecule has 0 fully saturated rings. The van der Waals surface area contributed by atoms with E-state index in [1.165, 1.54) is 19.1 Å². The Hall–Kier alpha value is -1.28. The van der Waals surface area contributed by atoms with Crippen molar-refractivity contribution in [1.82, 2.24) is 0 Å². The molecule has 19 heavy (non-hydrogen) atoms. The van der Waals surface area contributed by atoms with Gasteiger partial charge in [0.15, 0.2) is 9.84 Å². The summed E-state index contributed by atoms with van der Waals surface area (Å²) in [5.74, 6) is -0.429. The van der Waals surface area contributed by atoms with E-state index in [2.05, 4.69) is 4.74 Å². The number of nitrogens with two attached hydrogens (primary N) is 1. The summed E-state index contributed by atoms with van der Waals surface area (Å²) in [5.41, 5.74) is 6.00. The molecule has 0 amide bonds. The van der Waals surface area contributed by atoms with Gasteiger partial charge in [-0.2, -0.15) is 0 Å². The van der Waals surface area contributed by atoms with E-state index in [0.717, 1.165) is 18.4 Å². The predicted octanol–water partition coefficient (Wildman–Crippen LogP) is 2.02. The Balaban J connectivity index is 3.00. The molecule has 1 rings (SSSR count). The number of alkyl halides is 3. The van der Waals surface area contributed by atoms with Gasteiger partial charge in [-0.3, -0.25) is 0 Å². The van der Waals surface area contributed by atoms with Crippen LogP contribution in [0.5, 0.6) is 5.75 Å². The van der Waals surface area contributed by atoms with Gasteiger partial charge in [-0.15, -0.1) is 13.2 Å². The molecule has 0 heterocycles. The van der Waals surface area contributed by atoms with Crippen molar-refractivity contribution in [3.05, 3.63) is 29.8 Å². The van der Waals surface area contributed by atoms with Crippen LogP contribution in [0.1, 0.15) is 18.5 Å². The van der Waals surface area contributed by atoms with Gasteiger partial charge in [0.05, 0.1) is 5.25 Å². The fourth-order valence-electron chi connectivity index (χ4n) is 1.46. The van der Waals surface area contributed by atoms with Crippen molar-refractivity contribution in [3.63, 3.8) is 0 Å². The maximum Gasteiger partial charge on any atom is 0.573 e. The molecule has 2 unspecified atom stereocenters. The summed E-state index contributed by atoms with van der Waals surface area (Å²) < 4.78 is 62.7. The molecule has 0 aliphatic rings. The number of benzene rings is 1. The summed E-state index contributed by atoms with van der Waals surface area (Å²) in [4.78, 5) is 0. The van der Waals surface area contributed by atoms with Crippen molar-refractivity contribution in [2.24, 2.45) is 5.73 Å². The van der Waals surface area contributed by atoms with Gasteiger partial charge in [-0.1, -0.05) is 12.1 Å². The molecule has 0 radical (unpaired) electrons. The van der Waals surface area contributed by atoms with E-state index in [0.29, 0.717) is 0 Å². The van der Waals surface area contributed by atoms with Crippen molar-refractivity contribution in [2.45, 2.75) is 24.6 Å². The summed E-state index contributed by atoms with van der Waals surface area (Å²) in [6.45, 7) is 1.40. The number of sulfone groups is 1. The first-order valence-electron chi connectivity index (χ1n) is 5.31. The molecule has 4 nitrogen and oxygen atoms in total. The number of hydrogen-bond acceptors (Lipinski definition) is 4. The lowest BCUT2D eigenvalue weighted by atomic mass is 10.1. The SMILES string of the molecule is CC(C(N)c1cccc(OC(F)(F)F)c1)S(C)(=O)=O. The van der Waals surface area contributed by atoms with Crippen LogP contribution in [0.3, 0.4) is 0 Å². The van der Waals surface area contributed by atoms with E-state index in [4.69, 9.17) is 5.73 Å². The largest absolute Gasteiger partial charge is 0.573 e. The van der Waals surface area contributed by atoms with Crippen LogP contribution in [-0.2, 0) is 9.84 Å². The molecule has 0 bridgehead atoms. The van der Waals surface area contributed by atoms with Crippen LogP contribution in [0, 0.1) is 0 Å². The molecule has 2 atom stereocenters. The van der Waals surface area contributed by atoms with Gasteiger partial charge >= 0.3 is 6.36 Å². The Morgan fingerprint density at radius 1 is 1.32 bits per heavy atom. The third kappa shape index (κ3) is 4.71. The molecular formula is C11H14F3NO3S. The number of rotatable bonds is 4. The molecule has 1 aromatic rings.